The van der Waals surface area contributed by atoms with Gasteiger partial charge in [-0.05, 0) is 38.2 Å². The zero-order valence-electron chi connectivity index (χ0n) is 12.0. The Bertz CT molecular complexity index is 453. The number of esters is 1. The van der Waals surface area contributed by atoms with Crippen molar-refractivity contribution in [1.82, 2.24) is 0 Å². The summed E-state index contributed by atoms with van der Waals surface area (Å²) >= 11 is 0. The second-order valence-corrected chi connectivity index (χ2v) is 5.36. The molecule has 0 bridgehead atoms. The number of hydrogen-bond donors (Lipinski definition) is 0. The molecule has 2 atom stereocenters. The first-order valence-corrected chi connectivity index (χ1v) is 7.45. The van der Waals surface area contributed by atoms with Gasteiger partial charge in [-0.2, -0.15) is 0 Å². The molecule has 0 unspecified atom stereocenters. The quantitative estimate of drug-likeness (QED) is 0.540. The number of Topliss-reactive ketones (excluding diaryl/α,β-unsaturated/α-hetero) is 1. The molecule has 2 rings (SSSR count). The summed E-state index contributed by atoms with van der Waals surface area (Å²) in [6, 6.07) is 10.3. The summed E-state index contributed by atoms with van der Waals surface area (Å²) in [6.07, 6.45) is 4.22. The lowest BCUT2D eigenvalue weighted by Gasteiger charge is -2.02. The van der Waals surface area contributed by atoms with Gasteiger partial charge in [0.05, 0.1) is 12.5 Å². The molecule has 1 aromatic rings. The fourth-order valence-corrected chi connectivity index (χ4v) is 2.52. The summed E-state index contributed by atoms with van der Waals surface area (Å²) in [4.78, 5) is 23.4. The Labute approximate surface area is 120 Å². The zero-order valence-corrected chi connectivity index (χ0v) is 12.0. The van der Waals surface area contributed by atoms with Gasteiger partial charge in [0, 0.05) is 12.3 Å². The van der Waals surface area contributed by atoms with E-state index in [0.29, 0.717) is 19.4 Å². The Hall–Kier alpha value is -1.64. The zero-order chi connectivity index (χ0) is 14.4. The highest BCUT2D eigenvalue weighted by molar-refractivity contribution is 5.91. The van der Waals surface area contributed by atoms with Crippen LogP contribution in [0.25, 0.3) is 0 Å². The maximum Gasteiger partial charge on any atom is 0.309 e. The summed E-state index contributed by atoms with van der Waals surface area (Å²) in [5.74, 6) is -0.186. The molecule has 0 radical (unpaired) electrons. The Morgan fingerprint density at radius 3 is 2.60 bits per heavy atom. The highest BCUT2D eigenvalue weighted by Gasteiger charge is 2.48. The fourth-order valence-electron chi connectivity index (χ4n) is 2.52. The molecule has 0 saturated heterocycles. The van der Waals surface area contributed by atoms with Gasteiger partial charge in [0.25, 0.3) is 0 Å². The van der Waals surface area contributed by atoms with E-state index in [2.05, 4.69) is 12.1 Å². The molecule has 20 heavy (non-hydrogen) atoms. The average molecular weight is 274 g/mol. The predicted molar refractivity (Wildman–Crippen MR) is 77.2 cm³/mol. The van der Waals surface area contributed by atoms with Crippen molar-refractivity contribution in [1.29, 1.82) is 0 Å². The molecule has 1 saturated carbocycles. The van der Waals surface area contributed by atoms with Gasteiger partial charge in [-0.1, -0.05) is 30.3 Å². The summed E-state index contributed by atoms with van der Waals surface area (Å²) < 4.78 is 4.94. The fraction of sp³-hybridized carbons (Fsp3) is 0.529. The third kappa shape index (κ3) is 4.19. The van der Waals surface area contributed by atoms with E-state index in [0.717, 1.165) is 19.3 Å². The van der Waals surface area contributed by atoms with Crippen molar-refractivity contribution in [2.45, 2.75) is 39.0 Å². The molecule has 0 amide bonds. The van der Waals surface area contributed by atoms with Crippen LogP contribution in [-0.4, -0.2) is 18.4 Å². The maximum absolute atomic E-state index is 11.9. The largest absolute Gasteiger partial charge is 0.466 e. The normalized spacial score (nSPS) is 20.4. The molecule has 3 nitrogen and oxygen atoms in total. The van der Waals surface area contributed by atoms with Gasteiger partial charge in [-0.15, -0.1) is 0 Å². The average Bonchev–Trinajstić information content (AvgIpc) is 3.25. The van der Waals surface area contributed by atoms with E-state index in [1.54, 1.807) is 6.92 Å². The van der Waals surface area contributed by atoms with Crippen LogP contribution in [-0.2, 0) is 20.7 Å². The minimum absolute atomic E-state index is 0.0641. The first-order chi connectivity index (χ1) is 9.72. The molecule has 0 aromatic heterocycles. The lowest BCUT2D eigenvalue weighted by atomic mass is 10.0. The monoisotopic (exact) mass is 274 g/mol. The summed E-state index contributed by atoms with van der Waals surface area (Å²) in [7, 11) is 0. The summed E-state index contributed by atoms with van der Waals surface area (Å²) in [5, 5.41) is 0. The van der Waals surface area contributed by atoms with Crippen LogP contribution in [0.2, 0.25) is 0 Å². The van der Waals surface area contributed by atoms with E-state index < -0.39 is 0 Å². The molecule has 0 N–H and O–H groups in total. The number of ether oxygens (including phenoxy) is 1. The van der Waals surface area contributed by atoms with Gasteiger partial charge in [0.1, 0.15) is 5.78 Å². The van der Waals surface area contributed by atoms with Crippen molar-refractivity contribution >= 4 is 11.8 Å². The van der Waals surface area contributed by atoms with Gasteiger partial charge in [0.2, 0.25) is 0 Å². The molecule has 0 aliphatic heterocycles. The second kappa shape index (κ2) is 7.22. The van der Waals surface area contributed by atoms with Crippen molar-refractivity contribution in [2.75, 3.05) is 6.61 Å². The Morgan fingerprint density at radius 1 is 1.15 bits per heavy atom. The number of rotatable bonds is 8. The highest BCUT2D eigenvalue weighted by atomic mass is 16.5. The molecule has 108 valence electrons. The number of ketones is 1. The molecule has 1 aliphatic carbocycles. The number of aryl methyl sites for hydroxylation is 1. The SMILES string of the molecule is CCOC(=O)[C@H]1C[C@@H]1C(=O)CCCCc1ccccc1. The molecule has 0 heterocycles. The van der Waals surface area contributed by atoms with Crippen LogP contribution in [0.5, 0.6) is 0 Å². The van der Waals surface area contributed by atoms with Crippen molar-refractivity contribution in [3.8, 4) is 0 Å². The number of carbonyl (C=O) groups is 2. The van der Waals surface area contributed by atoms with Gasteiger partial charge >= 0.3 is 5.97 Å². The van der Waals surface area contributed by atoms with E-state index in [-0.39, 0.29) is 23.6 Å². The standard InChI is InChI=1S/C17H22O3/c1-2-20-17(19)15-12-14(15)16(18)11-7-6-10-13-8-4-3-5-9-13/h3-5,8-9,14-15H,2,6-7,10-12H2,1H3/t14-,15-/m0/s1. The predicted octanol–water partition coefficient (Wildman–Crippen LogP) is 3.17. The van der Waals surface area contributed by atoms with Crippen molar-refractivity contribution < 1.29 is 14.3 Å². The molecule has 1 aliphatic rings. The van der Waals surface area contributed by atoms with E-state index in [4.69, 9.17) is 4.74 Å². The van der Waals surface area contributed by atoms with Gasteiger partial charge in [-0.25, -0.2) is 0 Å². The van der Waals surface area contributed by atoms with Crippen LogP contribution in [0.15, 0.2) is 30.3 Å². The summed E-state index contributed by atoms with van der Waals surface area (Å²) in [5.41, 5.74) is 1.32. The molecule has 0 spiro atoms. The van der Waals surface area contributed by atoms with Crippen molar-refractivity contribution in [2.24, 2.45) is 11.8 Å². The molecular formula is C17H22O3. The molecular weight excluding hydrogens is 252 g/mol. The smallest absolute Gasteiger partial charge is 0.309 e. The topological polar surface area (TPSA) is 43.4 Å². The number of hydrogen-bond acceptors (Lipinski definition) is 3. The minimum atomic E-state index is -0.199. The second-order valence-electron chi connectivity index (χ2n) is 5.36. The van der Waals surface area contributed by atoms with Crippen molar-refractivity contribution in [3.63, 3.8) is 0 Å². The van der Waals surface area contributed by atoms with Gasteiger partial charge in [0.15, 0.2) is 0 Å². The summed E-state index contributed by atoms with van der Waals surface area (Å²) in [6.45, 7) is 2.19. The van der Waals surface area contributed by atoms with Crippen LogP contribution in [0.4, 0.5) is 0 Å². The lowest BCUT2D eigenvalue weighted by molar-refractivity contribution is -0.145. The Morgan fingerprint density at radius 2 is 1.90 bits per heavy atom. The van der Waals surface area contributed by atoms with Crippen molar-refractivity contribution in [3.05, 3.63) is 35.9 Å². The van der Waals surface area contributed by atoms with Crippen LogP contribution in [0.3, 0.4) is 0 Å². The van der Waals surface area contributed by atoms with Gasteiger partial charge in [-0.3, -0.25) is 9.59 Å². The first-order valence-electron chi connectivity index (χ1n) is 7.45. The van der Waals surface area contributed by atoms with Crippen LogP contribution in [0.1, 0.15) is 38.2 Å². The van der Waals surface area contributed by atoms with Gasteiger partial charge < -0.3 is 4.74 Å². The maximum atomic E-state index is 11.9. The van der Waals surface area contributed by atoms with Crippen LogP contribution >= 0.6 is 0 Å². The van der Waals surface area contributed by atoms with E-state index in [9.17, 15) is 9.59 Å². The Kier molecular flexibility index (Phi) is 5.33. The number of benzene rings is 1. The third-order valence-corrected chi connectivity index (χ3v) is 3.77. The van der Waals surface area contributed by atoms with E-state index in [1.165, 1.54) is 5.56 Å². The number of unbranched alkanes of at least 4 members (excludes halogenated alkanes) is 1. The minimum Gasteiger partial charge on any atom is -0.466 e. The lowest BCUT2D eigenvalue weighted by Crippen LogP contribution is -2.11. The van der Waals surface area contributed by atoms with E-state index in [1.807, 2.05) is 18.2 Å². The molecule has 1 aromatic carbocycles. The highest BCUT2D eigenvalue weighted by Crippen LogP contribution is 2.41. The van der Waals surface area contributed by atoms with Crippen LogP contribution < -0.4 is 0 Å². The van der Waals surface area contributed by atoms with Crippen LogP contribution in [0, 0.1) is 11.8 Å². The molecule has 3 heteroatoms. The van der Waals surface area contributed by atoms with E-state index >= 15 is 0 Å². The third-order valence-electron chi connectivity index (χ3n) is 3.77. The first kappa shape index (κ1) is 14.8. The molecule has 1 fully saturated rings. The number of carbonyl (C=O) groups excluding carboxylic acids is 2. The Balaban J connectivity index is 1.61.